The Morgan fingerprint density at radius 1 is 0.900 bits per heavy atom. The second-order valence-corrected chi connectivity index (χ2v) is 9.43. The van der Waals surface area contributed by atoms with Crippen molar-refractivity contribution in [2.24, 2.45) is 0 Å². The Balaban J connectivity index is 1.74. The van der Waals surface area contributed by atoms with Gasteiger partial charge in [-0.2, -0.15) is 0 Å². The molecule has 3 rings (SSSR count). The van der Waals surface area contributed by atoms with E-state index in [9.17, 15) is 13.2 Å². The highest BCUT2D eigenvalue weighted by Gasteiger charge is 2.16. The molecule has 30 heavy (non-hydrogen) atoms. The molecule has 156 valence electrons. The van der Waals surface area contributed by atoms with E-state index in [0.717, 1.165) is 5.56 Å². The third kappa shape index (κ3) is 5.20. The molecule has 0 saturated carbocycles. The molecule has 5 nitrogen and oxygen atoms in total. The fourth-order valence-corrected chi connectivity index (χ4v) is 4.16. The monoisotopic (exact) mass is 442 g/mol. The van der Waals surface area contributed by atoms with Crippen LogP contribution < -0.4 is 10.0 Å². The molecule has 0 atom stereocenters. The topological polar surface area (TPSA) is 75.3 Å². The first-order chi connectivity index (χ1) is 14.2. The quantitative estimate of drug-likeness (QED) is 0.504. The van der Waals surface area contributed by atoms with Gasteiger partial charge in [-0.3, -0.25) is 9.52 Å². The minimum Gasteiger partial charge on any atom is -0.322 e. The number of nitrogens with one attached hydrogen (secondary N) is 2. The smallest absolute Gasteiger partial charge is 0.261 e. The van der Waals surface area contributed by atoms with Crippen LogP contribution in [0.5, 0.6) is 0 Å². The van der Waals surface area contributed by atoms with E-state index in [1.165, 1.54) is 35.9 Å². The number of hydrogen-bond donors (Lipinski definition) is 2. The van der Waals surface area contributed by atoms with E-state index in [4.69, 9.17) is 11.6 Å². The average molecular weight is 443 g/mol. The largest absolute Gasteiger partial charge is 0.322 e. The molecule has 0 saturated heterocycles. The molecule has 0 unspecified atom stereocenters. The van der Waals surface area contributed by atoms with Crippen LogP contribution in [0.2, 0.25) is 5.02 Å². The standard InChI is InChI=1S/C23H23ClN2O3S/c1-15(2)17-6-8-18(9-7-17)25-23(27)21-13-10-19(14-22(21)24)26-30(28,29)20-11-4-16(3)5-12-20/h4-15,26H,1-3H3,(H,25,27). The summed E-state index contributed by atoms with van der Waals surface area (Å²) in [5.41, 5.74) is 3.33. The van der Waals surface area contributed by atoms with Crippen LogP contribution >= 0.6 is 11.6 Å². The molecule has 0 heterocycles. The maximum Gasteiger partial charge on any atom is 0.261 e. The van der Waals surface area contributed by atoms with Crippen LogP contribution in [0.15, 0.2) is 71.6 Å². The van der Waals surface area contributed by atoms with Gasteiger partial charge in [0.05, 0.1) is 21.2 Å². The van der Waals surface area contributed by atoms with E-state index in [0.29, 0.717) is 11.6 Å². The molecular formula is C23H23ClN2O3S. The van der Waals surface area contributed by atoms with Gasteiger partial charge < -0.3 is 5.32 Å². The summed E-state index contributed by atoms with van der Waals surface area (Å²) in [6.07, 6.45) is 0. The van der Waals surface area contributed by atoms with Crippen molar-refractivity contribution in [3.05, 3.63) is 88.4 Å². The third-order valence-corrected chi connectivity index (χ3v) is 6.34. The van der Waals surface area contributed by atoms with Gasteiger partial charge in [0, 0.05) is 5.69 Å². The number of aryl methyl sites for hydroxylation is 1. The first-order valence-corrected chi connectivity index (χ1v) is 11.3. The maximum atomic E-state index is 12.6. The summed E-state index contributed by atoms with van der Waals surface area (Å²) in [6.45, 7) is 6.08. The van der Waals surface area contributed by atoms with E-state index in [1.54, 1.807) is 12.1 Å². The number of halogens is 1. The molecule has 0 aliphatic carbocycles. The lowest BCUT2D eigenvalue weighted by molar-refractivity contribution is 0.102. The van der Waals surface area contributed by atoms with Crippen molar-refractivity contribution in [2.75, 3.05) is 10.0 Å². The van der Waals surface area contributed by atoms with E-state index >= 15 is 0 Å². The number of anilines is 2. The predicted octanol–water partition coefficient (Wildman–Crippen LogP) is 5.82. The zero-order valence-electron chi connectivity index (χ0n) is 16.9. The highest BCUT2D eigenvalue weighted by molar-refractivity contribution is 7.92. The highest BCUT2D eigenvalue weighted by Crippen LogP contribution is 2.25. The van der Waals surface area contributed by atoms with Crippen LogP contribution in [-0.2, 0) is 10.0 Å². The van der Waals surface area contributed by atoms with Crippen molar-refractivity contribution in [3.8, 4) is 0 Å². The second-order valence-electron chi connectivity index (χ2n) is 7.34. The number of carbonyl (C=O) groups excluding carboxylic acids is 1. The van der Waals surface area contributed by atoms with Gasteiger partial charge in [0.1, 0.15) is 0 Å². The van der Waals surface area contributed by atoms with Gasteiger partial charge in [0.15, 0.2) is 0 Å². The molecule has 3 aromatic carbocycles. The van der Waals surface area contributed by atoms with Gasteiger partial charge in [-0.25, -0.2) is 8.42 Å². The van der Waals surface area contributed by atoms with Crippen molar-refractivity contribution < 1.29 is 13.2 Å². The number of benzene rings is 3. The van der Waals surface area contributed by atoms with Crippen LogP contribution in [0.3, 0.4) is 0 Å². The lowest BCUT2D eigenvalue weighted by atomic mass is 10.0. The highest BCUT2D eigenvalue weighted by atomic mass is 35.5. The summed E-state index contributed by atoms with van der Waals surface area (Å²) in [6, 6.07) is 18.5. The third-order valence-electron chi connectivity index (χ3n) is 4.63. The Morgan fingerprint density at radius 2 is 1.50 bits per heavy atom. The van der Waals surface area contributed by atoms with Crippen molar-refractivity contribution in [1.29, 1.82) is 0 Å². The predicted molar refractivity (Wildman–Crippen MR) is 122 cm³/mol. The van der Waals surface area contributed by atoms with Gasteiger partial charge in [0.2, 0.25) is 0 Å². The summed E-state index contributed by atoms with van der Waals surface area (Å²) in [5.74, 6) is 0.0330. The van der Waals surface area contributed by atoms with Crippen LogP contribution in [0.1, 0.15) is 41.3 Å². The normalized spacial score (nSPS) is 11.4. The van der Waals surface area contributed by atoms with E-state index in [2.05, 4.69) is 23.9 Å². The number of hydrogen-bond acceptors (Lipinski definition) is 3. The first kappa shape index (κ1) is 21.9. The van der Waals surface area contributed by atoms with Crippen molar-refractivity contribution in [3.63, 3.8) is 0 Å². The second kappa shape index (κ2) is 8.90. The van der Waals surface area contributed by atoms with Gasteiger partial charge >= 0.3 is 0 Å². The Labute approximate surface area is 182 Å². The van der Waals surface area contributed by atoms with Crippen molar-refractivity contribution >= 4 is 38.9 Å². The van der Waals surface area contributed by atoms with Gasteiger partial charge in [-0.15, -0.1) is 0 Å². The molecule has 0 fully saturated rings. The Morgan fingerprint density at radius 3 is 2.07 bits per heavy atom. The van der Waals surface area contributed by atoms with Gasteiger partial charge in [-0.05, 0) is 60.9 Å². The maximum absolute atomic E-state index is 12.6. The Kier molecular flexibility index (Phi) is 6.48. The average Bonchev–Trinajstić information content (AvgIpc) is 2.68. The molecule has 7 heteroatoms. The summed E-state index contributed by atoms with van der Waals surface area (Å²) in [5, 5.41) is 2.95. The van der Waals surface area contributed by atoms with Gasteiger partial charge in [0.25, 0.3) is 15.9 Å². The minimum absolute atomic E-state index is 0.149. The molecule has 0 bridgehead atoms. The van der Waals surface area contributed by atoms with Crippen molar-refractivity contribution in [2.45, 2.75) is 31.6 Å². The summed E-state index contributed by atoms with van der Waals surface area (Å²) < 4.78 is 27.5. The fraction of sp³-hybridized carbons (Fsp3) is 0.174. The van der Waals surface area contributed by atoms with E-state index < -0.39 is 10.0 Å². The lowest BCUT2D eigenvalue weighted by Gasteiger charge is -2.12. The zero-order valence-corrected chi connectivity index (χ0v) is 18.5. The zero-order chi connectivity index (χ0) is 21.9. The molecule has 3 aromatic rings. The minimum atomic E-state index is -3.75. The number of rotatable bonds is 6. The van der Waals surface area contributed by atoms with Crippen LogP contribution in [0, 0.1) is 6.92 Å². The number of carbonyl (C=O) groups is 1. The number of amides is 1. The van der Waals surface area contributed by atoms with Crippen molar-refractivity contribution in [1.82, 2.24) is 0 Å². The molecule has 0 spiro atoms. The summed E-state index contributed by atoms with van der Waals surface area (Å²) in [4.78, 5) is 12.7. The first-order valence-electron chi connectivity index (χ1n) is 9.46. The molecule has 0 aliphatic rings. The SMILES string of the molecule is Cc1ccc(S(=O)(=O)Nc2ccc(C(=O)Nc3ccc(C(C)C)cc3)c(Cl)c2)cc1. The van der Waals surface area contributed by atoms with E-state index in [-0.39, 0.29) is 27.1 Å². The fourth-order valence-electron chi connectivity index (χ4n) is 2.84. The van der Waals surface area contributed by atoms with E-state index in [1.807, 2.05) is 31.2 Å². The molecule has 0 radical (unpaired) electrons. The van der Waals surface area contributed by atoms with Crippen LogP contribution in [0.4, 0.5) is 11.4 Å². The van der Waals surface area contributed by atoms with Crippen LogP contribution in [-0.4, -0.2) is 14.3 Å². The molecule has 2 N–H and O–H groups in total. The molecule has 0 aromatic heterocycles. The number of sulfonamides is 1. The van der Waals surface area contributed by atoms with Gasteiger partial charge in [-0.1, -0.05) is 55.3 Å². The summed E-state index contributed by atoms with van der Waals surface area (Å²) >= 11 is 6.26. The Bertz CT molecular complexity index is 1160. The van der Waals surface area contributed by atoms with Crippen LogP contribution in [0.25, 0.3) is 0 Å². The Hall–Kier alpha value is -2.83. The molecule has 0 aliphatic heterocycles. The molecule has 1 amide bonds. The summed E-state index contributed by atoms with van der Waals surface area (Å²) in [7, 11) is -3.75. The molecular weight excluding hydrogens is 420 g/mol. The lowest BCUT2D eigenvalue weighted by Crippen LogP contribution is -2.15.